The van der Waals surface area contributed by atoms with Crippen LogP contribution in [0.5, 0.6) is 0 Å². The van der Waals surface area contributed by atoms with Crippen molar-refractivity contribution in [1.82, 2.24) is 19.9 Å². The van der Waals surface area contributed by atoms with Crippen molar-refractivity contribution in [2.45, 2.75) is 0 Å². The third-order valence-corrected chi connectivity index (χ3v) is 9.13. The number of nitrogens with zero attached hydrogens (tertiary/aromatic N) is 4. The molecule has 0 bridgehead atoms. The molecule has 50 heavy (non-hydrogen) atoms. The smallest absolute Gasteiger partial charge is 0.227 e. The second-order valence-electron chi connectivity index (χ2n) is 12.3. The van der Waals surface area contributed by atoms with Crippen molar-refractivity contribution in [3.05, 3.63) is 158 Å². The molecule has 3 aromatic heterocycles. The number of oxazole rings is 1. The van der Waals surface area contributed by atoms with Crippen LogP contribution in [-0.2, 0) is 0 Å². The number of aromatic nitrogens is 4. The molecule has 6 nitrogen and oxygen atoms in total. The van der Waals surface area contributed by atoms with E-state index in [1.165, 1.54) is 0 Å². The third kappa shape index (κ3) is 4.73. The molecule has 0 radical (unpaired) electrons. The Morgan fingerprint density at radius 1 is 0.380 bits per heavy atom. The summed E-state index contributed by atoms with van der Waals surface area (Å²) in [5, 5.41) is 4.17. The topological polar surface area (TPSA) is 77.8 Å². The van der Waals surface area contributed by atoms with Gasteiger partial charge in [-0.1, -0.05) is 121 Å². The van der Waals surface area contributed by atoms with Crippen molar-refractivity contribution in [2.75, 3.05) is 0 Å². The summed E-state index contributed by atoms with van der Waals surface area (Å²) in [4.78, 5) is 19.7. The molecule has 0 aliphatic carbocycles. The fourth-order valence-electron chi connectivity index (χ4n) is 6.73. The van der Waals surface area contributed by atoms with E-state index in [2.05, 4.69) is 42.5 Å². The number of fused-ring (bicyclic) bond motifs is 5. The Hall–Kier alpha value is -6.92. The highest BCUT2D eigenvalue weighted by Gasteiger charge is 2.22. The van der Waals surface area contributed by atoms with Gasteiger partial charge in [0.05, 0.1) is 0 Å². The molecule has 6 heteroatoms. The van der Waals surface area contributed by atoms with Crippen molar-refractivity contribution in [3.63, 3.8) is 0 Å². The van der Waals surface area contributed by atoms with Crippen LogP contribution in [-0.4, -0.2) is 19.9 Å². The first-order chi connectivity index (χ1) is 24.7. The van der Waals surface area contributed by atoms with Crippen molar-refractivity contribution in [3.8, 4) is 56.7 Å². The van der Waals surface area contributed by atoms with Crippen LogP contribution in [0.3, 0.4) is 0 Å². The molecular formula is C44H26N4O2. The zero-order valence-corrected chi connectivity index (χ0v) is 26.6. The molecule has 0 spiro atoms. The molecule has 0 aliphatic rings. The van der Waals surface area contributed by atoms with E-state index < -0.39 is 0 Å². The molecule has 0 atom stereocenters. The van der Waals surface area contributed by atoms with Gasteiger partial charge >= 0.3 is 0 Å². The first-order valence-electron chi connectivity index (χ1n) is 16.5. The van der Waals surface area contributed by atoms with E-state index in [0.29, 0.717) is 23.4 Å². The van der Waals surface area contributed by atoms with Gasteiger partial charge in [0.2, 0.25) is 5.89 Å². The van der Waals surface area contributed by atoms with Gasteiger partial charge in [0, 0.05) is 44.7 Å². The van der Waals surface area contributed by atoms with E-state index in [9.17, 15) is 0 Å². The summed E-state index contributed by atoms with van der Waals surface area (Å²) in [6, 6.07) is 53.0. The highest BCUT2D eigenvalue weighted by atomic mass is 16.4. The standard InChI is InChI=1S/C44H26N4O2/c1-4-12-28(13-5-1)41-46-42(29-14-6-2-7-15-29)48-43(47-41)32-23-21-27-20-22-31(24-33(27)25-32)38-39-34-18-10-11-19-36(34)49-37(39)26-35-40(38)50-44(45-35)30-16-8-3-9-17-30/h1-26H. The van der Waals surface area contributed by atoms with Gasteiger partial charge in [-0.3, -0.25) is 0 Å². The van der Waals surface area contributed by atoms with E-state index >= 15 is 0 Å². The van der Waals surface area contributed by atoms with E-state index in [1.807, 2.05) is 115 Å². The maximum absolute atomic E-state index is 6.60. The van der Waals surface area contributed by atoms with Gasteiger partial charge in [-0.15, -0.1) is 0 Å². The van der Waals surface area contributed by atoms with Gasteiger partial charge in [-0.2, -0.15) is 0 Å². The number of furan rings is 1. The van der Waals surface area contributed by atoms with Gasteiger partial charge in [0.25, 0.3) is 0 Å². The number of rotatable bonds is 5. The SMILES string of the molecule is c1ccc(-c2nc(-c3ccccc3)nc(-c3ccc4ccc(-c5c6oc(-c7ccccc7)nc6cc6oc7ccccc7c56)cc4c3)n2)cc1. The molecule has 0 N–H and O–H groups in total. The summed E-state index contributed by atoms with van der Waals surface area (Å²) in [7, 11) is 0. The average molecular weight is 643 g/mol. The predicted molar refractivity (Wildman–Crippen MR) is 199 cm³/mol. The van der Waals surface area contributed by atoms with E-state index in [4.69, 9.17) is 28.8 Å². The molecule has 0 saturated carbocycles. The van der Waals surface area contributed by atoms with E-state index in [-0.39, 0.29) is 0 Å². The largest absolute Gasteiger partial charge is 0.456 e. The number of benzene rings is 7. The van der Waals surface area contributed by atoms with Crippen LogP contribution in [0.2, 0.25) is 0 Å². The summed E-state index contributed by atoms with van der Waals surface area (Å²) in [6.07, 6.45) is 0. The molecule has 7 aromatic carbocycles. The average Bonchev–Trinajstić information content (AvgIpc) is 3.79. The molecule has 0 unspecified atom stereocenters. The van der Waals surface area contributed by atoms with Crippen LogP contribution in [0.4, 0.5) is 0 Å². The molecule has 10 aromatic rings. The van der Waals surface area contributed by atoms with Crippen LogP contribution in [0.15, 0.2) is 167 Å². The molecule has 10 rings (SSSR count). The van der Waals surface area contributed by atoms with Gasteiger partial charge in [-0.05, 0) is 46.7 Å². The summed E-state index contributed by atoms with van der Waals surface area (Å²) in [5.41, 5.74) is 8.67. The van der Waals surface area contributed by atoms with Gasteiger partial charge in [0.1, 0.15) is 16.7 Å². The summed E-state index contributed by atoms with van der Waals surface area (Å²) < 4.78 is 13.0. The van der Waals surface area contributed by atoms with Crippen LogP contribution < -0.4 is 0 Å². The minimum absolute atomic E-state index is 0.570. The molecule has 0 fully saturated rings. The fraction of sp³-hybridized carbons (Fsp3) is 0. The highest BCUT2D eigenvalue weighted by Crippen LogP contribution is 2.43. The van der Waals surface area contributed by atoms with Gasteiger partial charge < -0.3 is 8.83 Å². The van der Waals surface area contributed by atoms with Crippen LogP contribution in [0, 0.1) is 0 Å². The predicted octanol–water partition coefficient (Wildman–Crippen LogP) is 11.4. The minimum atomic E-state index is 0.570. The normalized spacial score (nSPS) is 11.6. The number of hydrogen-bond acceptors (Lipinski definition) is 6. The first-order valence-corrected chi connectivity index (χ1v) is 16.5. The minimum Gasteiger partial charge on any atom is -0.456 e. The second kappa shape index (κ2) is 11.4. The lowest BCUT2D eigenvalue weighted by atomic mass is 9.95. The van der Waals surface area contributed by atoms with E-state index in [0.717, 1.165) is 77.2 Å². The molecule has 0 saturated heterocycles. The lowest BCUT2D eigenvalue weighted by molar-refractivity contribution is 0.621. The zero-order valence-electron chi connectivity index (χ0n) is 26.6. The lowest BCUT2D eigenvalue weighted by Gasteiger charge is -2.10. The van der Waals surface area contributed by atoms with E-state index in [1.54, 1.807) is 0 Å². The monoisotopic (exact) mass is 642 g/mol. The number of hydrogen-bond donors (Lipinski definition) is 0. The van der Waals surface area contributed by atoms with Crippen LogP contribution in [0.1, 0.15) is 0 Å². The fourth-order valence-corrected chi connectivity index (χ4v) is 6.73. The highest BCUT2D eigenvalue weighted by molar-refractivity contribution is 6.19. The van der Waals surface area contributed by atoms with Crippen LogP contribution >= 0.6 is 0 Å². The van der Waals surface area contributed by atoms with Crippen molar-refractivity contribution >= 4 is 43.8 Å². The second-order valence-corrected chi connectivity index (χ2v) is 12.3. The van der Waals surface area contributed by atoms with Crippen molar-refractivity contribution < 1.29 is 8.83 Å². The lowest BCUT2D eigenvalue weighted by Crippen LogP contribution is -2.00. The summed E-state index contributed by atoms with van der Waals surface area (Å²) >= 11 is 0. The Bertz CT molecular complexity index is 2800. The Morgan fingerprint density at radius 2 is 0.940 bits per heavy atom. The molecule has 3 heterocycles. The van der Waals surface area contributed by atoms with Gasteiger partial charge in [-0.25, -0.2) is 19.9 Å². The summed E-state index contributed by atoms with van der Waals surface area (Å²) in [6.45, 7) is 0. The maximum atomic E-state index is 6.60. The Labute approximate surface area is 286 Å². The molecule has 0 amide bonds. The Morgan fingerprint density at radius 3 is 1.62 bits per heavy atom. The maximum Gasteiger partial charge on any atom is 0.227 e. The van der Waals surface area contributed by atoms with Crippen LogP contribution in [0.25, 0.3) is 101 Å². The molecular weight excluding hydrogens is 617 g/mol. The summed E-state index contributed by atoms with van der Waals surface area (Å²) in [5.74, 6) is 2.44. The molecule has 234 valence electrons. The Balaban J connectivity index is 1.18. The third-order valence-electron chi connectivity index (χ3n) is 9.13. The van der Waals surface area contributed by atoms with Gasteiger partial charge in [0.15, 0.2) is 23.1 Å². The number of para-hydroxylation sites is 1. The first kappa shape index (κ1) is 28.1. The quantitative estimate of drug-likeness (QED) is 0.186. The Kier molecular flexibility index (Phi) is 6.39. The van der Waals surface area contributed by atoms with Crippen molar-refractivity contribution in [1.29, 1.82) is 0 Å². The molecule has 0 aliphatic heterocycles. The zero-order chi connectivity index (χ0) is 33.0. The van der Waals surface area contributed by atoms with Crippen molar-refractivity contribution in [2.24, 2.45) is 0 Å².